The van der Waals surface area contributed by atoms with Gasteiger partial charge >= 0.3 is 0 Å². The van der Waals surface area contributed by atoms with E-state index in [4.69, 9.17) is 0 Å². The number of aromatic nitrogens is 1. The second kappa shape index (κ2) is 8.09. The molecule has 162 valence electrons. The molecular weight excluding hydrogens is 402 g/mol. The van der Waals surface area contributed by atoms with Crippen LogP contribution < -0.4 is 10.7 Å². The molecule has 0 bridgehead atoms. The molecule has 2 atom stereocenters. The topological polar surface area (TPSA) is 89.6 Å². The highest BCUT2D eigenvalue weighted by molar-refractivity contribution is 6.17. The number of anilines is 1. The van der Waals surface area contributed by atoms with Gasteiger partial charge in [0.2, 0.25) is 5.91 Å². The molecule has 2 heterocycles. The van der Waals surface area contributed by atoms with Crippen LogP contribution in [0.3, 0.4) is 0 Å². The highest BCUT2D eigenvalue weighted by Gasteiger charge is 2.43. The fourth-order valence-corrected chi connectivity index (χ4v) is 4.28. The molecule has 0 radical (unpaired) electrons. The van der Waals surface area contributed by atoms with Gasteiger partial charge < -0.3 is 15.2 Å². The Balaban J connectivity index is 1.44. The predicted octanol–water partition coefficient (Wildman–Crippen LogP) is 3.56. The second-order valence-corrected chi connectivity index (χ2v) is 8.61. The molecule has 3 aromatic rings. The number of benzene rings is 2. The average Bonchev–Trinajstić information content (AvgIpc) is 3.53. The number of rotatable bonds is 6. The fourth-order valence-electron chi connectivity index (χ4n) is 4.28. The van der Waals surface area contributed by atoms with E-state index in [0.29, 0.717) is 11.3 Å². The van der Waals surface area contributed by atoms with E-state index in [1.165, 1.54) is 5.56 Å². The lowest BCUT2D eigenvalue weighted by atomic mass is 10.0. The van der Waals surface area contributed by atoms with Crippen LogP contribution in [0.15, 0.2) is 53.6 Å². The van der Waals surface area contributed by atoms with E-state index in [0.717, 1.165) is 35.1 Å². The number of carbonyl (C=O) groups is 2. The van der Waals surface area contributed by atoms with Gasteiger partial charge in [-0.25, -0.2) is 5.43 Å². The van der Waals surface area contributed by atoms with Crippen molar-refractivity contribution in [3.63, 3.8) is 0 Å². The maximum absolute atomic E-state index is 12.9. The number of nitrogens with zero attached hydrogens (tertiary/aromatic N) is 2. The molecule has 1 aliphatic heterocycles. The number of amides is 2. The van der Waals surface area contributed by atoms with Crippen LogP contribution in [-0.2, 0) is 4.79 Å². The molecule has 5 rings (SSSR count). The standard InChI is InChI=1S/C25H25N5O2/c1-30(2)10-6-9-21-20-14-26-29-25(32)19-11-16(12-22(28-21)23(19)20)27-24(31)18-13-17(18)15-7-4-3-5-8-15/h3-9,11-12,14,17-18,28H,10,13H2,1-2H3,(H,27,31)(H,29,32)/b9-6+/t17-,18+/m0/s1. The van der Waals surface area contributed by atoms with Crippen LogP contribution in [0.1, 0.15) is 39.5 Å². The van der Waals surface area contributed by atoms with Crippen LogP contribution in [0.5, 0.6) is 0 Å². The summed E-state index contributed by atoms with van der Waals surface area (Å²) < 4.78 is 0. The van der Waals surface area contributed by atoms with Gasteiger partial charge in [0.05, 0.1) is 11.8 Å². The van der Waals surface area contributed by atoms with E-state index in [2.05, 4.69) is 37.9 Å². The van der Waals surface area contributed by atoms with Crippen molar-refractivity contribution in [1.29, 1.82) is 0 Å². The summed E-state index contributed by atoms with van der Waals surface area (Å²) in [5.74, 6) is -0.108. The summed E-state index contributed by atoms with van der Waals surface area (Å²) in [4.78, 5) is 31.0. The van der Waals surface area contributed by atoms with Crippen molar-refractivity contribution in [3.8, 4) is 0 Å². The van der Waals surface area contributed by atoms with Gasteiger partial charge in [0.25, 0.3) is 5.91 Å². The summed E-state index contributed by atoms with van der Waals surface area (Å²) in [6, 6.07) is 13.7. The molecule has 3 N–H and O–H groups in total. The second-order valence-electron chi connectivity index (χ2n) is 8.61. The largest absolute Gasteiger partial charge is 0.354 e. The third-order valence-corrected chi connectivity index (χ3v) is 5.95. The first-order valence-electron chi connectivity index (χ1n) is 10.7. The Morgan fingerprint density at radius 1 is 1.25 bits per heavy atom. The molecule has 7 nitrogen and oxygen atoms in total. The Morgan fingerprint density at radius 2 is 2.06 bits per heavy atom. The lowest BCUT2D eigenvalue weighted by Crippen LogP contribution is -2.18. The first-order valence-corrected chi connectivity index (χ1v) is 10.7. The van der Waals surface area contributed by atoms with Gasteiger partial charge in [-0.1, -0.05) is 36.4 Å². The fraction of sp³-hybridized carbons (Fsp3) is 0.240. The Morgan fingerprint density at radius 3 is 2.84 bits per heavy atom. The van der Waals surface area contributed by atoms with Crippen LogP contribution >= 0.6 is 0 Å². The molecule has 32 heavy (non-hydrogen) atoms. The molecule has 1 saturated carbocycles. The maximum atomic E-state index is 12.9. The van der Waals surface area contributed by atoms with Crippen molar-refractivity contribution in [2.75, 3.05) is 26.0 Å². The van der Waals surface area contributed by atoms with Crippen molar-refractivity contribution in [2.45, 2.75) is 12.3 Å². The summed E-state index contributed by atoms with van der Waals surface area (Å²) in [5, 5.41) is 7.89. The summed E-state index contributed by atoms with van der Waals surface area (Å²) in [6.07, 6.45) is 6.55. The molecule has 0 spiro atoms. The average molecular weight is 428 g/mol. The number of hydrogen-bond acceptors (Lipinski definition) is 4. The Labute approximate surface area is 186 Å². The van der Waals surface area contributed by atoms with Gasteiger partial charge in [0, 0.05) is 40.3 Å². The van der Waals surface area contributed by atoms with E-state index in [1.54, 1.807) is 12.3 Å². The molecule has 2 aromatic carbocycles. The maximum Gasteiger partial charge on any atom is 0.272 e. The lowest BCUT2D eigenvalue weighted by Gasteiger charge is -2.08. The third kappa shape index (κ3) is 3.83. The van der Waals surface area contributed by atoms with Gasteiger partial charge in [-0.3, -0.25) is 9.59 Å². The highest BCUT2D eigenvalue weighted by Crippen LogP contribution is 2.48. The predicted molar refractivity (Wildman–Crippen MR) is 127 cm³/mol. The summed E-state index contributed by atoms with van der Waals surface area (Å²) in [6.45, 7) is 0.793. The van der Waals surface area contributed by atoms with Crippen LogP contribution in [0, 0.1) is 5.92 Å². The van der Waals surface area contributed by atoms with E-state index < -0.39 is 0 Å². The monoisotopic (exact) mass is 427 g/mol. The first kappa shape index (κ1) is 20.2. The molecule has 7 heteroatoms. The minimum atomic E-state index is -0.294. The minimum Gasteiger partial charge on any atom is -0.354 e. The van der Waals surface area contributed by atoms with Crippen molar-refractivity contribution < 1.29 is 9.59 Å². The molecule has 0 saturated heterocycles. The molecular formula is C25H25N5O2. The zero-order valence-electron chi connectivity index (χ0n) is 18.1. The highest BCUT2D eigenvalue weighted by atomic mass is 16.2. The van der Waals surface area contributed by atoms with Crippen molar-refractivity contribution in [1.82, 2.24) is 15.3 Å². The van der Waals surface area contributed by atoms with Crippen LogP contribution in [0.2, 0.25) is 0 Å². The van der Waals surface area contributed by atoms with Crippen molar-refractivity contribution >= 4 is 40.7 Å². The first-order chi connectivity index (χ1) is 15.5. The van der Waals surface area contributed by atoms with Crippen LogP contribution in [0.4, 0.5) is 5.69 Å². The molecule has 2 amide bonds. The Bertz CT molecular complexity index is 1260. The quantitative estimate of drug-likeness (QED) is 0.562. The van der Waals surface area contributed by atoms with Gasteiger partial charge in [0.1, 0.15) is 0 Å². The Kier molecular flexibility index (Phi) is 5.11. The van der Waals surface area contributed by atoms with E-state index >= 15 is 0 Å². The summed E-state index contributed by atoms with van der Waals surface area (Å²) in [7, 11) is 4.01. The van der Waals surface area contributed by atoms with Crippen molar-refractivity contribution in [2.24, 2.45) is 11.0 Å². The molecule has 0 unspecified atom stereocenters. The number of aromatic amines is 1. The summed E-state index contributed by atoms with van der Waals surface area (Å²) >= 11 is 0. The zero-order valence-corrected chi connectivity index (χ0v) is 18.1. The van der Waals surface area contributed by atoms with Gasteiger partial charge in [0.15, 0.2) is 0 Å². The molecule has 2 aliphatic rings. The van der Waals surface area contributed by atoms with Gasteiger partial charge in [-0.2, -0.15) is 5.10 Å². The van der Waals surface area contributed by atoms with E-state index in [9.17, 15) is 9.59 Å². The lowest BCUT2D eigenvalue weighted by molar-refractivity contribution is -0.117. The van der Waals surface area contributed by atoms with Crippen LogP contribution in [-0.4, -0.2) is 48.6 Å². The molecule has 1 aliphatic carbocycles. The minimum absolute atomic E-state index is 0.0198. The smallest absolute Gasteiger partial charge is 0.272 e. The Hall–Kier alpha value is -3.71. The third-order valence-electron chi connectivity index (χ3n) is 5.95. The number of carbonyl (C=O) groups excluding carboxylic acids is 2. The van der Waals surface area contributed by atoms with Crippen molar-refractivity contribution in [3.05, 3.63) is 70.9 Å². The number of likely N-dealkylation sites (N-methyl/N-ethyl adjacent to an activating group) is 1. The number of H-pyrrole nitrogens is 1. The molecule has 1 aromatic heterocycles. The summed E-state index contributed by atoms with van der Waals surface area (Å²) in [5.41, 5.74) is 7.35. The number of hydrogen-bond donors (Lipinski definition) is 3. The normalized spacial score (nSPS) is 19.4. The zero-order chi connectivity index (χ0) is 22.2. The number of nitrogens with one attached hydrogen (secondary N) is 3. The van der Waals surface area contributed by atoms with E-state index in [1.807, 2.05) is 50.5 Å². The van der Waals surface area contributed by atoms with Gasteiger partial charge in [-0.15, -0.1) is 0 Å². The molecule has 1 fully saturated rings. The number of hydrazone groups is 1. The SMILES string of the molecule is CN(C)C/C=C/c1[nH]c2cc(NC(=O)[C@@H]3C[C@H]3c3ccccc3)cc3c2c1C=NNC3=O. The van der Waals surface area contributed by atoms with Gasteiger partial charge in [-0.05, 0) is 50.2 Å². The van der Waals surface area contributed by atoms with Crippen LogP contribution in [0.25, 0.3) is 17.0 Å². The van der Waals surface area contributed by atoms with E-state index in [-0.39, 0.29) is 23.7 Å².